The summed E-state index contributed by atoms with van der Waals surface area (Å²) in [5, 5.41) is 12.5. The maximum Gasteiger partial charge on any atom is 0.310 e. The van der Waals surface area contributed by atoms with E-state index in [1.165, 1.54) is 0 Å². The van der Waals surface area contributed by atoms with Crippen molar-refractivity contribution < 1.29 is 19.4 Å². The smallest absolute Gasteiger partial charge is 0.310 e. The number of carbonyl (C=O) groups excluding carboxylic acids is 1. The van der Waals surface area contributed by atoms with Crippen LogP contribution in [0.2, 0.25) is 0 Å². The molecule has 0 bridgehead atoms. The van der Waals surface area contributed by atoms with Crippen LogP contribution in [-0.4, -0.2) is 35.7 Å². The van der Waals surface area contributed by atoms with Gasteiger partial charge in [-0.1, -0.05) is 25.7 Å². The van der Waals surface area contributed by atoms with Gasteiger partial charge < -0.3 is 15.2 Å². The molecule has 2 aliphatic rings. The second kappa shape index (κ2) is 7.25. The predicted molar refractivity (Wildman–Crippen MR) is 79.0 cm³/mol. The van der Waals surface area contributed by atoms with Crippen molar-refractivity contribution in [1.29, 1.82) is 0 Å². The second-order valence-electron chi connectivity index (χ2n) is 6.49. The van der Waals surface area contributed by atoms with Gasteiger partial charge in [0.25, 0.3) is 0 Å². The lowest BCUT2D eigenvalue weighted by Gasteiger charge is -2.36. The van der Waals surface area contributed by atoms with E-state index in [0.29, 0.717) is 19.4 Å². The Morgan fingerprint density at radius 1 is 1.19 bits per heavy atom. The quantitative estimate of drug-likeness (QED) is 0.739. The molecule has 0 saturated heterocycles. The van der Waals surface area contributed by atoms with Gasteiger partial charge in [0.15, 0.2) is 0 Å². The normalized spacial score (nSPS) is 28.2. The Morgan fingerprint density at radius 2 is 1.81 bits per heavy atom. The first kappa shape index (κ1) is 16.3. The number of amides is 1. The lowest BCUT2D eigenvalue weighted by atomic mass is 9.77. The van der Waals surface area contributed by atoms with Crippen LogP contribution in [0, 0.1) is 5.41 Å². The number of nitrogens with one attached hydrogen (secondary N) is 1. The molecule has 0 spiro atoms. The molecule has 2 aliphatic carbocycles. The van der Waals surface area contributed by atoms with Gasteiger partial charge in [0.05, 0.1) is 11.5 Å². The average Bonchev–Trinajstić information content (AvgIpc) is 2.63. The minimum atomic E-state index is -0.844. The van der Waals surface area contributed by atoms with Gasteiger partial charge >= 0.3 is 5.97 Å². The summed E-state index contributed by atoms with van der Waals surface area (Å²) >= 11 is 0. The minimum Gasteiger partial charge on any atom is -0.481 e. The van der Waals surface area contributed by atoms with Crippen molar-refractivity contribution in [3.05, 3.63) is 0 Å². The molecular weight excluding hydrogens is 270 g/mol. The Balaban J connectivity index is 1.83. The van der Waals surface area contributed by atoms with Crippen molar-refractivity contribution in [2.45, 2.75) is 76.9 Å². The Labute approximate surface area is 126 Å². The molecule has 5 nitrogen and oxygen atoms in total. The van der Waals surface area contributed by atoms with E-state index >= 15 is 0 Å². The fourth-order valence-electron chi connectivity index (χ4n) is 3.51. The van der Waals surface area contributed by atoms with E-state index < -0.39 is 11.4 Å². The van der Waals surface area contributed by atoms with E-state index in [-0.39, 0.29) is 24.5 Å². The third-order valence-electron chi connectivity index (χ3n) is 4.88. The molecular formula is C16H27NO4. The van der Waals surface area contributed by atoms with Crippen molar-refractivity contribution in [2.24, 2.45) is 5.41 Å². The molecule has 0 aromatic rings. The highest BCUT2D eigenvalue weighted by Crippen LogP contribution is 2.38. The minimum absolute atomic E-state index is 0.112. The first-order valence-corrected chi connectivity index (χ1v) is 8.20. The fraction of sp³-hybridized carbons (Fsp3) is 0.875. The Hall–Kier alpha value is -1.10. The SMILES string of the molecule is CCOC1CC(NC(=O)CC2(C(=O)O)CCCCCC2)C1. The predicted octanol–water partition coefficient (Wildman–Crippen LogP) is 2.49. The van der Waals surface area contributed by atoms with Crippen molar-refractivity contribution in [2.75, 3.05) is 6.61 Å². The van der Waals surface area contributed by atoms with Gasteiger partial charge in [-0.2, -0.15) is 0 Å². The monoisotopic (exact) mass is 297 g/mol. The van der Waals surface area contributed by atoms with Crippen LogP contribution in [0.5, 0.6) is 0 Å². The molecule has 1 amide bonds. The lowest BCUT2D eigenvalue weighted by Crippen LogP contribution is -2.49. The van der Waals surface area contributed by atoms with Crippen LogP contribution >= 0.6 is 0 Å². The van der Waals surface area contributed by atoms with Crippen LogP contribution in [0.3, 0.4) is 0 Å². The fourth-order valence-corrected chi connectivity index (χ4v) is 3.51. The molecule has 21 heavy (non-hydrogen) atoms. The molecule has 0 radical (unpaired) electrons. The highest BCUT2D eigenvalue weighted by atomic mass is 16.5. The van der Waals surface area contributed by atoms with Gasteiger partial charge in [-0.3, -0.25) is 9.59 Å². The Bertz CT molecular complexity index is 368. The maximum absolute atomic E-state index is 12.2. The summed E-state index contributed by atoms with van der Waals surface area (Å²) in [5.74, 6) is -0.917. The standard InChI is InChI=1S/C16H27NO4/c1-2-21-13-9-12(10-13)17-14(18)11-16(15(19)20)7-5-3-4-6-8-16/h12-13H,2-11H2,1H3,(H,17,18)(H,19,20). The summed E-state index contributed by atoms with van der Waals surface area (Å²) in [5.41, 5.74) is -0.844. The molecule has 0 aromatic carbocycles. The summed E-state index contributed by atoms with van der Waals surface area (Å²) in [6.45, 7) is 2.67. The second-order valence-corrected chi connectivity index (χ2v) is 6.49. The van der Waals surface area contributed by atoms with Gasteiger partial charge in [0, 0.05) is 19.1 Å². The third kappa shape index (κ3) is 4.19. The maximum atomic E-state index is 12.2. The van der Waals surface area contributed by atoms with Crippen LogP contribution < -0.4 is 5.32 Å². The summed E-state index contributed by atoms with van der Waals surface area (Å²) in [4.78, 5) is 23.9. The Morgan fingerprint density at radius 3 is 2.33 bits per heavy atom. The molecule has 2 saturated carbocycles. The van der Waals surface area contributed by atoms with Gasteiger partial charge in [-0.05, 0) is 32.6 Å². The highest BCUT2D eigenvalue weighted by Gasteiger charge is 2.41. The lowest BCUT2D eigenvalue weighted by molar-refractivity contribution is -0.153. The zero-order chi connectivity index (χ0) is 15.3. The largest absolute Gasteiger partial charge is 0.481 e. The molecule has 0 aliphatic heterocycles. The number of hydrogen-bond donors (Lipinski definition) is 2. The van der Waals surface area contributed by atoms with Crippen molar-refractivity contribution in [1.82, 2.24) is 5.32 Å². The molecule has 5 heteroatoms. The number of ether oxygens (including phenoxy) is 1. The first-order valence-electron chi connectivity index (χ1n) is 8.20. The highest BCUT2D eigenvalue weighted by molar-refractivity contribution is 5.85. The number of aliphatic carboxylic acids is 1. The van der Waals surface area contributed by atoms with Crippen molar-refractivity contribution >= 4 is 11.9 Å². The van der Waals surface area contributed by atoms with Gasteiger partial charge in [-0.25, -0.2) is 0 Å². The summed E-state index contributed by atoms with van der Waals surface area (Å²) in [7, 11) is 0. The van der Waals surface area contributed by atoms with Crippen LogP contribution in [0.25, 0.3) is 0 Å². The topological polar surface area (TPSA) is 75.6 Å². The van der Waals surface area contributed by atoms with Crippen LogP contribution in [-0.2, 0) is 14.3 Å². The van der Waals surface area contributed by atoms with E-state index in [4.69, 9.17) is 4.74 Å². The summed E-state index contributed by atoms with van der Waals surface area (Å²) < 4.78 is 5.47. The van der Waals surface area contributed by atoms with Crippen LogP contribution in [0.15, 0.2) is 0 Å². The Kier molecular flexibility index (Phi) is 5.62. The van der Waals surface area contributed by atoms with E-state index in [1.54, 1.807) is 0 Å². The molecule has 120 valence electrons. The number of carbonyl (C=O) groups is 2. The molecule has 0 unspecified atom stereocenters. The molecule has 0 aromatic heterocycles. The first-order chi connectivity index (χ1) is 10.1. The summed E-state index contributed by atoms with van der Waals surface area (Å²) in [6, 6.07) is 0.158. The van der Waals surface area contributed by atoms with Crippen LogP contribution in [0.4, 0.5) is 0 Å². The van der Waals surface area contributed by atoms with E-state index in [2.05, 4.69) is 5.32 Å². The molecule has 2 N–H and O–H groups in total. The number of rotatable bonds is 6. The molecule has 2 rings (SSSR count). The van der Waals surface area contributed by atoms with Crippen molar-refractivity contribution in [3.8, 4) is 0 Å². The van der Waals surface area contributed by atoms with E-state index in [0.717, 1.165) is 38.5 Å². The number of carboxylic acid groups (broad SMARTS) is 1. The van der Waals surface area contributed by atoms with Crippen LogP contribution in [0.1, 0.15) is 64.7 Å². The zero-order valence-corrected chi connectivity index (χ0v) is 12.9. The molecule has 0 atom stereocenters. The van der Waals surface area contributed by atoms with Crippen molar-refractivity contribution in [3.63, 3.8) is 0 Å². The summed E-state index contributed by atoms with van der Waals surface area (Å²) in [6.07, 6.45) is 7.31. The zero-order valence-electron chi connectivity index (χ0n) is 12.9. The molecule has 2 fully saturated rings. The number of hydrogen-bond acceptors (Lipinski definition) is 3. The van der Waals surface area contributed by atoms with Gasteiger partial charge in [-0.15, -0.1) is 0 Å². The third-order valence-corrected chi connectivity index (χ3v) is 4.88. The average molecular weight is 297 g/mol. The van der Waals surface area contributed by atoms with E-state index in [1.807, 2.05) is 6.92 Å². The number of carboxylic acids is 1. The van der Waals surface area contributed by atoms with Gasteiger partial charge in [0.1, 0.15) is 0 Å². The van der Waals surface area contributed by atoms with E-state index in [9.17, 15) is 14.7 Å². The molecule has 0 heterocycles. The van der Waals surface area contributed by atoms with Gasteiger partial charge in [0.2, 0.25) is 5.91 Å².